The molecule has 3 rings (SSSR count). The van der Waals surface area contributed by atoms with Crippen molar-refractivity contribution in [2.75, 3.05) is 34.9 Å². The lowest BCUT2D eigenvalue weighted by Gasteiger charge is -2.13. The number of oxime groups is 1. The van der Waals surface area contributed by atoms with Gasteiger partial charge in [0.1, 0.15) is 0 Å². The van der Waals surface area contributed by atoms with E-state index >= 15 is 0 Å². The van der Waals surface area contributed by atoms with Gasteiger partial charge in [0.05, 0.1) is 32.1 Å². The lowest BCUT2D eigenvalue weighted by atomic mass is 10.1. The van der Waals surface area contributed by atoms with E-state index in [2.05, 4.69) is 31.3 Å². The van der Waals surface area contributed by atoms with E-state index in [0.29, 0.717) is 29.3 Å². The first kappa shape index (κ1) is 25.2. The summed E-state index contributed by atoms with van der Waals surface area (Å²) in [4.78, 5) is 19.3. The number of azo groups is 1. The van der Waals surface area contributed by atoms with Gasteiger partial charge in [-0.2, -0.15) is 0 Å². The van der Waals surface area contributed by atoms with E-state index in [1.807, 2.05) is 37.2 Å². The van der Waals surface area contributed by atoms with Crippen LogP contribution in [-0.4, -0.2) is 61.1 Å². The molecule has 0 saturated carbocycles. The van der Waals surface area contributed by atoms with Gasteiger partial charge >= 0.3 is 5.91 Å². The fourth-order valence-electron chi connectivity index (χ4n) is 3.25. The molecule has 11 heteroatoms. The lowest BCUT2D eigenvalue weighted by molar-refractivity contribution is -0.122. The number of hydrogen-bond donors (Lipinski definition) is 1. The van der Waals surface area contributed by atoms with Crippen molar-refractivity contribution in [3.63, 3.8) is 0 Å². The largest absolute Gasteiger partial charge is 0.493 e. The summed E-state index contributed by atoms with van der Waals surface area (Å²) in [6.45, 7) is 1.76. The number of hydrogen-bond acceptors (Lipinski definition) is 8. The first-order valence-corrected chi connectivity index (χ1v) is 11.0. The van der Waals surface area contributed by atoms with E-state index in [0.717, 1.165) is 15.6 Å². The molecule has 0 aliphatic heterocycles. The first-order chi connectivity index (χ1) is 16.2. The Hall–Kier alpha value is -3.44. The summed E-state index contributed by atoms with van der Waals surface area (Å²) >= 11 is 3.43. The minimum atomic E-state index is -0.647. The average Bonchev–Trinajstić information content (AvgIpc) is 3.06. The third-order valence-electron chi connectivity index (χ3n) is 4.85. The highest BCUT2D eigenvalue weighted by molar-refractivity contribution is 9.10. The molecule has 1 N–H and O–H groups in total. The summed E-state index contributed by atoms with van der Waals surface area (Å²) in [5.74, 6) is 0.422. The van der Waals surface area contributed by atoms with E-state index in [9.17, 15) is 9.90 Å². The molecule has 1 aromatic heterocycles. The molecular formula is C23H26BrN5O5. The van der Waals surface area contributed by atoms with E-state index in [-0.39, 0.29) is 11.6 Å². The molecule has 0 radical (unpaired) electrons. The predicted octanol–water partition coefficient (Wildman–Crippen LogP) is 4.70. The Bertz CT molecular complexity index is 1250. The van der Waals surface area contributed by atoms with Crippen LogP contribution in [0, 0.1) is 0 Å². The molecule has 180 valence electrons. The summed E-state index contributed by atoms with van der Waals surface area (Å²) in [5, 5.41) is 23.0. The molecule has 0 atom stereocenters. The number of methoxy groups -OCH3 is 2. The van der Waals surface area contributed by atoms with Gasteiger partial charge in [-0.3, -0.25) is 14.3 Å². The smallest absolute Gasteiger partial charge is 0.304 e. The predicted molar refractivity (Wildman–Crippen MR) is 132 cm³/mol. The van der Waals surface area contributed by atoms with Crippen LogP contribution in [0.3, 0.4) is 0 Å². The number of fused-ring (bicyclic) bond motifs is 1. The van der Waals surface area contributed by atoms with Gasteiger partial charge in [-0.25, -0.2) is 0 Å². The molecule has 0 aliphatic carbocycles. The van der Waals surface area contributed by atoms with Crippen molar-refractivity contribution in [2.24, 2.45) is 15.4 Å². The molecule has 0 unspecified atom stereocenters. The Morgan fingerprint density at radius 2 is 1.85 bits per heavy atom. The number of ether oxygens (including phenoxy) is 2. The van der Waals surface area contributed by atoms with Gasteiger partial charge < -0.3 is 19.4 Å². The minimum absolute atomic E-state index is 0.0819. The van der Waals surface area contributed by atoms with Crippen molar-refractivity contribution in [3.05, 3.63) is 46.4 Å². The Labute approximate surface area is 205 Å². The number of carbonyl (C=O) groups is 1. The number of aromatic hydroxyl groups is 1. The second-order valence-corrected chi connectivity index (χ2v) is 8.51. The van der Waals surface area contributed by atoms with Gasteiger partial charge in [0, 0.05) is 15.4 Å². The number of carbonyl (C=O) groups excluding carboxylic acids is 1. The quantitative estimate of drug-likeness (QED) is 0.243. The summed E-state index contributed by atoms with van der Waals surface area (Å²) in [5.41, 5.74) is 2.26. The number of halogens is 1. The Morgan fingerprint density at radius 1 is 1.12 bits per heavy atom. The third-order valence-corrected chi connectivity index (χ3v) is 5.34. The molecule has 0 saturated heterocycles. The fourth-order valence-corrected chi connectivity index (χ4v) is 3.61. The molecular weight excluding hydrogens is 506 g/mol. The maximum absolute atomic E-state index is 12.2. The topological polar surface area (TPSA) is 110 Å². The van der Waals surface area contributed by atoms with Crippen LogP contribution in [-0.2, 0) is 16.3 Å². The van der Waals surface area contributed by atoms with Crippen LogP contribution in [0.2, 0.25) is 0 Å². The van der Waals surface area contributed by atoms with Crippen LogP contribution < -0.4 is 9.47 Å². The standard InChI is InChI=1S/C23H26BrN5O5/c1-14(15-6-9-19(32-4)20(10-15)33-5)27-34-12-21(30)25-26-22-17-11-16(24)7-8-18(17)29(23(22)31)13-28(2)3/h6-11,31H,12-13H2,1-5H3/b26-25?,27-14+. The zero-order chi connectivity index (χ0) is 24.8. The van der Waals surface area contributed by atoms with E-state index < -0.39 is 12.5 Å². The van der Waals surface area contributed by atoms with Crippen LogP contribution in [0.25, 0.3) is 10.9 Å². The second kappa shape index (κ2) is 11.1. The summed E-state index contributed by atoms with van der Waals surface area (Å²) in [6, 6.07) is 10.9. The number of rotatable bonds is 9. The van der Waals surface area contributed by atoms with Gasteiger partial charge in [-0.15, -0.1) is 10.2 Å². The molecule has 0 bridgehead atoms. The summed E-state index contributed by atoms with van der Waals surface area (Å²) in [7, 11) is 6.87. The minimum Gasteiger partial charge on any atom is -0.493 e. The summed E-state index contributed by atoms with van der Waals surface area (Å²) < 4.78 is 13.0. The molecule has 2 aromatic carbocycles. The highest BCUT2D eigenvalue weighted by Gasteiger charge is 2.18. The van der Waals surface area contributed by atoms with Gasteiger partial charge in [0.2, 0.25) is 5.88 Å². The van der Waals surface area contributed by atoms with Crippen molar-refractivity contribution >= 4 is 44.1 Å². The molecule has 34 heavy (non-hydrogen) atoms. The number of nitrogens with zero attached hydrogens (tertiary/aromatic N) is 5. The molecule has 1 amide bonds. The Morgan fingerprint density at radius 3 is 2.53 bits per heavy atom. The van der Waals surface area contributed by atoms with Crippen molar-refractivity contribution < 1.29 is 24.2 Å². The molecule has 0 fully saturated rings. The monoisotopic (exact) mass is 531 g/mol. The van der Waals surface area contributed by atoms with E-state index in [4.69, 9.17) is 14.3 Å². The molecule has 0 aliphatic rings. The van der Waals surface area contributed by atoms with Crippen molar-refractivity contribution in [1.29, 1.82) is 0 Å². The number of aromatic nitrogens is 1. The lowest BCUT2D eigenvalue weighted by Crippen LogP contribution is -2.16. The molecule has 10 nitrogen and oxygen atoms in total. The first-order valence-electron chi connectivity index (χ1n) is 10.2. The highest BCUT2D eigenvalue weighted by Crippen LogP contribution is 2.40. The van der Waals surface area contributed by atoms with Gasteiger partial charge in [-0.05, 0) is 57.4 Å². The normalized spacial score (nSPS) is 12.0. The number of benzene rings is 2. The third kappa shape index (κ3) is 5.72. The van der Waals surface area contributed by atoms with E-state index in [1.165, 1.54) is 0 Å². The van der Waals surface area contributed by atoms with E-state index in [1.54, 1.807) is 43.9 Å². The van der Waals surface area contributed by atoms with Crippen LogP contribution in [0.15, 0.2) is 56.3 Å². The maximum atomic E-state index is 12.2. The summed E-state index contributed by atoms with van der Waals surface area (Å²) in [6.07, 6.45) is 0. The van der Waals surface area contributed by atoms with Crippen molar-refractivity contribution in [3.8, 4) is 17.4 Å². The van der Waals surface area contributed by atoms with Crippen LogP contribution in [0.5, 0.6) is 17.4 Å². The molecule has 0 spiro atoms. The van der Waals surface area contributed by atoms with Gasteiger partial charge in [0.15, 0.2) is 23.8 Å². The molecule has 3 aromatic rings. The zero-order valence-electron chi connectivity index (χ0n) is 19.6. The molecule has 1 heterocycles. The average molecular weight is 532 g/mol. The number of amides is 1. The maximum Gasteiger partial charge on any atom is 0.304 e. The van der Waals surface area contributed by atoms with Crippen molar-refractivity contribution in [1.82, 2.24) is 9.47 Å². The highest BCUT2D eigenvalue weighted by atomic mass is 79.9. The Kier molecular flexibility index (Phi) is 8.24. The van der Waals surface area contributed by atoms with Gasteiger partial charge in [-0.1, -0.05) is 21.1 Å². The van der Waals surface area contributed by atoms with Crippen LogP contribution >= 0.6 is 15.9 Å². The SMILES string of the molecule is COc1ccc(/C(C)=N/OCC(=O)N=Nc2c(O)n(CN(C)C)c3ccc(Br)cc23)cc1OC. The van der Waals surface area contributed by atoms with Gasteiger partial charge in [0.25, 0.3) is 0 Å². The fraction of sp³-hybridized carbons (Fsp3) is 0.304. The zero-order valence-corrected chi connectivity index (χ0v) is 21.2. The van der Waals surface area contributed by atoms with Crippen LogP contribution in [0.1, 0.15) is 12.5 Å². The second-order valence-electron chi connectivity index (χ2n) is 7.60. The Balaban J connectivity index is 1.73. The van der Waals surface area contributed by atoms with Crippen molar-refractivity contribution in [2.45, 2.75) is 13.6 Å². The van der Waals surface area contributed by atoms with Crippen LogP contribution in [0.4, 0.5) is 5.69 Å².